The van der Waals surface area contributed by atoms with Gasteiger partial charge in [0.25, 0.3) is 11.8 Å². The average Bonchev–Trinajstić information content (AvgIpc) is 2.69. The summed E-state index contributed by atoms with van der Waals surface area (Å²) in [6.07, 6.45) is 2.80. The number of hydroxylamine groups is 2. The summed E-state index contributed by atoms with van der Waals surface area (Å²) in [5.74, 6) is -1.76. The van der Waals surface area contributed by atoms with Crippen molar-refractivity contribution >= 4 is 23.9 Å². The third-order valence-corrected chi connectivity index (χ3v) is 2.28. The summed E-state index contributed by atoms with van der Waals surface area (Å²) in [5.41, 5.74) is 0.741. The Labute approximate surface area is 104 Å². The summed E-state index contributed by atoms with van der Waals surface area (Å²) >= 11 is 0. The van der Waals surface area contributed by atoms with E-state index in [1.54, 1.807) is 18.2 Å². The van der Waals surface area contributed by atoms with E-state index in [1.807, 2.05) is 0 Å². The number of hydrogen-bond donors (Lipinski definition) is 0. The van der Waals surface area contributed by atoms with Crippen LogP contribution in [0.1, 0.15) is 18.4 Å². The Balaban J connectivity index is 1.95. The van der Waals surface area contributed by atoms with Gasteiger partial charge in [-0.25, -0.2) is 4.79 Å². The van der Waals surface area contributed by atoms with Gasteiger partial charge in [-0.1, -0.05) is 12.1 Å². The van der Waals surface area contributed by atoms with Gasteiger partial charge in [-0.15, -0.1) is 5.06 Å². The Morgan fingerprint density at radius 3 is 2.61 bits per heavy atom. The summed E-state index contributed by atoms with van der Waals surface area (Å²) in [7, 11) is 0. The molecule has 0 aliphatic carbocycles. The molecule has 1 heterocycles. The molecular weight excluding hydrogens is 234 g/mol. The molecule has 0 saturated carbocycles. The molecule has 5 nitrogen and oxygen atoms in total. The van der Waals surface area contributed by atoms with Crippen LogP contribution in [0.3, 0.4) is 0 Å². The molecular formula is C13H9NO4. The molecule has 0 aromatic heterocycles. The van der Waals surface area contributed by atoms with E-state index in [4.69, 9.17) is 0 Å². The molecule has 1 aliphatic heterocycles. The van der Waals surface area contributed by atoms with Gasteiger partial charge in [-0.3, -0.25) is 9.59 Å². The number of hydrogen-bond acceptors (Lipinski definition) is 4. The summed E-state index contributed by atoms with van der Waals surface area (Å²) in [4.78, 5) is 38.4. The molecule has 1 aromatic rings. The Hall–Kier alpha value is -2.43. The predicted octanol–water partition coefficient (Wildman–Crippen LogP) is 0.907. The van der Waals surface area contributed by atoms with Gasteiger partial charge in [0.15, 0.2) is 0 Å². The second-order valence-electron chi connectivity index (χ2n) is 3.59. The van der Waals surface area contributed by atoms with Crippen molar-refractivity contribution in [2.45, 2.75) is 12.8 Å². The second-order valence-corrected chi connectivity index (χ2v) is 3.59. The maximum atomic E-state index is 11.4. The van der Waals surface area contributed by atoms with Gasteiger partial charge in [0, 0.05) is 18.9 Å². The van der Waals surface area contributed by atoms with Crippen LogP contribution in [0.4, 0.5) is 0 Å². The van der Waals surface area contributed by atoms with Crippen LogP contribution in [0.2, 0.25) is 0 Å². The van der Waals surface area contributed by atoms with Crippen LogP contribution in [0, 0.1) is 12.1 Å². The van der Waals surface area contributed by atoms with Crippen LogP contribution in [-0.2, 0) is 19.2 Å². The molecule has 1 saturated heterocycles. The molecule has 0 spiro atoms. The van der Waals surface area contributed by atoms with Gasteiger partial charge < -0.3 is 4.84 Å². The molecule has 0 atom stereocenters. The topological polar surface area (TPSA) is 63.7 Å². The minimum Gasteiger partial charge on any atom is -0.326 e. The number of carbonyl (C=O) groups is 3. The van der Waals surface area contributed by atoms with Crippen molar-refractivity contribution in [3.05, 3.63) is 42.0 Å². The quantitative estimate of drug-likeness (QED) is 0.584. The van der Waals surface area contributed by atoms with Crippen molar-refractivity contribution in [2.75, 3.05) is 0 Å². The average molecular weight is 243 g/mol. The van der Waals surface area contributed by atoms with Crippen molar-refractivity contribution in [2.24, 2.45) is 0 Å². The molecule has 90 valence electrons. The van der Waals surface area contributed by atoms with E-state index in [2.05, 4.69) is 17.0 Å². The highest BCUT2D eigenvalue weighted by molar-refractivity contribution is 6.02. The molecule has 2 rings (SSSR count). The largest absolute Gasteiger partial charge is 0.356 e. The monoisotopic (exact) mass is 243 g/mol. The van der Waals surface area contributed by atoms with Gasteiger partial charge in [0.05, 0.1) is 0 Å². The molecule has 18 heavy (non-hydrogen) atoms. The number of imide groups is 1. The van der Waals surface area contributed by atoms with Crippen molar-refractivity contribution in [3.8, 4) is 0 Å². The first-order valence-electron chi connectivity index (χ1n) is 5.30. The highest BCUT2D eigenvalue weighted by atomic mass is 16.7. The van der Waals surface area contributed by atoms with Gasteiger partial charge >= 0.3 is 5.97 Å². The number of rotatable bonds is 3. The third-order valence-electron chi connectivity index (χ3n) is 2.28. The Bertz CT molecular complexity index is 491. The maximum Gasteiger partial charge on any atom is 0.356 e. The smallest absolute Gasteiger partial charge is 0.326 e. The number of benzene rings is 1. The number of carbonyl (C=O) groups excluding carboxylic acids is 3. The van der Waals surface area contributed by atoms with Crippen LogP contribution in [-0.4, -0.2) is 22.8 Å². The Kier molecular flexibility index (Phi) is 3.52. The van der Waals surface area contributed by atoms with E-state index in [9.17, 15) is 14.4 Å². The summed E-state index contributed by atoms with van der Waals surface area (Å²) < 4.78 is 0. The molecule has 0 bridgehead atoms. The Morgan fingerprint density at radius 1 is 1.28 bits per heavy atom. The maximum absolute atomic E-state index is 11.4. The van der Waals surface area contributed by atoms with Crippen LogP contribution in [0.25, 0.3) is 6.08 Å². The fourth-order valence-electron chi connectivity index (χ4n) is 1.41. The van der Waals surface area contributed by atoms with Crippen LogP contribution >= 0.6 is 0 Å². The van der Waals surface area contributed by atoms with Gasteiger partial charge in [-0.2, -0.15) is 0 Å². The lowest BCUT2D eigenvalue weighted by molar-refractivity contribution is -0.193. The molecule has 1 fully saturated rings. The zero-order valence-corrected chi connectivity index (χ0v) is 9.38. The number of nitrogens with zero attached hydrogens (tertiary/aromatic N) is 1. The second kappa shape index (κ2) is 5.27. The molecule has 2 radical (unpaired) electrons. The molecule has 5 heteroatoms. The lowest BCUT2D eigenvalue weighted by Gasteiger charge is -2.10. The SMILES string of the molecule is O=C(/C=C/c1c[c][c]cc1)ON1C(=O)CCC1=O. The molecule has 1 aromatic carbocycles. The predicted molar refractivity (Wildman–Crippen MR) is 60.3 cm³/mol. The molecule has 0 N–H and O–H groups in total. The lowest BCUT2D eigenvalue weighted by Crippen LogP contribution is -2.31. The van der Waals surface area contributed by atoms with E-state index < -0.39 is 17.8 Å². The van der Waals surface area contributed by atoms with E-state index in [0.717, 1.165) is 11.6 Å². The van der Waals surface area contributed by atoms with Crippen LogP contribution in [0.15, 0.2) is 24.3 Å². The van der Waals surface area contributed by atoms with Crippen LogP contribution in [0.5, 0.6) is 0 Å². The fraction of sp³-hybridized carbons (Fsp3) is 0.154. The van der Waals surface area contributed by atoms with Gasteiger partial charge in [0.1, 0.15) is 0 Å². The van der Waals surface area contributed by atoms with Crippen molar-refractivity contribution < 1.29 is 19.2 Å². The van der Waals surface area contributed by atoms with E-state index >= 15 is 0 Å². The fourth-order valence-corrected chi connectivity index (χ4v) is 1.41. The summed E-state index contributed by atoms with van der Waals surface area (Å²) in [6.45, 7) is 0. The zero-order valence-electron chi connectivity index (χ0n) is 9.38. The minimum absolute atomic E-state index is 0.0826. The summed E-state index contributed by atoms with van der Waals surface area (Å²) in [6, 6.07) is 10.5. The zero-order chi connectivity index (χ0) is 13.0. The molecule has 1 aliphatic rings. The van der Waals surface area contributed by atoms with Gasteiger partial charge in [0.2, 0.25) is 0 Å². The van der Waals surface area contributed by atoms with Crippen LogP contribution < -0.4 is 0 Å². The van der Waals surface area contributed by atoms with E-state index in [0.29, 0.717) is 5.06 Å². The normalized spacial score (nSPS) is 15.4. The Morgan fingerprint density at radius 2 is 2.00 bits per heavy atom. The lowest BCUT2D eigenvalue weighted by atomic mass is 10.2. The van der Waals surface area contributed by atoms with Crippen molar-refractivity contribution in [3.63, 3.8) is 0 Å². The molecule has 0 unspecified atom stereocenters. The first kappa shape index (κ1) is 12.0. The van der Waals surface area contributed by atoms with E-state index in [1.165, 1.54) is 6.08 Å². The number of amides is 2. The summed E-state index contributed by atoms with van der Waals surface area (Å²) in [5, 5.41) is 0.511. The van der Waals surface area contributed by atoms with Crippen molar-refractivity contribution in [1.29, 1.82) is 0 Å². The molecule has 2 amide bonds. The first-order valence-corrected chi connectivity index (χ1v) is 5.30. The van der Waals surface area contributed by atoms with E-state index in [-0.39, 0.29) is 12.8 Å². The van der Waals surface area contributed by atoms with Gasteiger partial charge in [-0.05, 0) is 29.8 Å². The van der Waals surface area contributed by atoms with Crippen molar-refractivity contribution in [1.82, 2.24) is 5.06 Å². The first-order chi connectivity index (χ1) is 8.66. The third kappa shape index (κ3) is 2.82. The highest BCUT2D eigenvalue weighted by Gasteiger charge is 2.32. The minimum atomic E-state index is -0.772. The standard InChI is InChI=1S/C13H9NO4/c15-11-7-8-12(16)14(11)18-13(17)9-6-10-4-2-1-3-5-10/h2,4-6,9H,7-8H2/b9-6+. The highest BCUT2D eigenvalue weighted by Crippen LogP contribution is 2.12.